The van der Waals surface area contributed by atoms with E-state index in [0.717, 1.165) is 5.56 Å². The van der Waals surface area contributed by atoms with Crippen LogP contribution in [-0.4, -0.2) is 41.3 Å². The van der Waals surface area contributed by atoms with E-state index in [9.17, 15) is 19.2 Å². The van der Waals surface area contributed by atoms with E-state index >= 15 is 0 Å². The molecule has 0 bridgehead atoms. The second-order valence-electron chi connectivity index (χ2n) is 7.75. The number of ketones is 1. The Kier molecular flexibility index (Phi) is 6.31. The van der Waals surface area contributed by atoms with Gasteiger partial charge < -0.3 is 15.7 Å². The summed E-state index contributed by atoms with van der Waals surface area (Å²) in [6.45, 7) is -0.0437. The van der Waals surface area contributed by atoms with Gasteiger partial charge in [0.15, 0.2) is 5.78 Å². The molecule has 0 fully saturated rings. The lowest BCUT2D eigenvalue weighted by Gasteiger charge is -2.19. The SMILES string of the molecule is O=C(O)CCNC(=O)C(Cc1ccccc1)NC(=O)c1cccc2c1-c1ccccc1C2=O. The van der Waals surface area contributed by atoms with Gasteiger partial charge in [0.25, 0.3) is 5.91 Å². The predicted molar refractivity (Wildman–Crippen MR) is 122 cm³/mol. The van der Waals surface area contributed by atoms with Crippen LogP contribution in [0.4, 0.5) is 0 Å². The Morgan fingerprint density at radius 3 is 2.21 bits per heavy atom. The summed E-state index contributed by atoms with van der Waals surface area (Å²) in [5.41, 5.74) is 3.39. The number of benzene rings is 3. The normalized spacial score (nSPS) is 12.4. The molecule has 1 aliphatic carbocycles. The number of carboxylic acids is 1. The van der Waals surface area contributed by atoms with E-state index < -0.39 is 23.8 Å². The molecule has 0 saturated heterocycles. The third-order valence-electron chi connectivity index (χ3n) is 5.54. The van der Waals surface area contributed by atoms with E-state index in [1.165, 1.54) is 0 Å². The molecule has 0 aromatic heterocycles. The summed E-state index contributed by atoms with van der Waals surface area (Å²) in [7, 11) is 0. The average molecular weight is 442 g/mol. The fourth-order valence-electron chi connectivity index (χ4n) is 3.98. The number of hydrogen-bond acceptors (Lipinski definition) is 4. The molecule has 33 heavy (non-hydrogen) atoms. The van der Waals surface area contributed by atoms with Crippen molar-refractivity contribution < 1.29 is 24.3 Å². The van der Waals surface area contributed by atoms with E-state index in [-0.39, 0.29) is 25.2 Å². The van der Waals surface area contributed by atoms with Gasteiger partial charge in [-0.25, -0.2) is 0 Å². The van der Waals surface area contributed by atoms with Crippen LogP contribution in [-0.2, 0) is 16.0 Å². The zero-order valence-corrected chi connectivity index (χ0v) is 17.7. The Balaban J connectivity index is 1.61. The number of carboxylic acid groups (broad SMARTS) is 1. The molecular formula is C26H22N2O5. The highest BCUT2D eigenvalue weighted by Gasteiger charge is 2.31. The zero-order chi connectivity index (χ0) is 23.4. The number of rotatable bonds is 8. The summed E-state index contributed by atoms with van der Waals surface area (Å²) in [5, 5.41) is 14.2. The molecule has 3 aromatic carbocycles. The maximum atomic E-state index is 13.3. The van der Waals surface area contributed by atoms with Crippen LogP contribution in [0.2, 0.25) is 0 Å². The summed E-state index contributed by atoms with van der Waals surface area (Å²) in [6.07, 6.45) is 0.0128. The van der Waals surface area contributed by atoms with Gasteiger partial charge >= 0.3 is 5.97 Å². The topological polar surface area (TPSA) is 113 Å². The van der Waals surface area contributed by atoms with E-state index in [1.54, 1.807) is 36.4 Å². The van der Waals surface area contributed by atoms with E-state index in [0.29, 0.717) is 27.8 Å². The fourth-order valence-corrected chi connectivity index (χ4v) is 3.98. The molecular weight excluding hydrogens is 420 g/mol. The van der Waals surface area contributed by atoms with Crippen LogP contribution in [0.1, 0.15) is 38.3 Å². The minimum Gasteiger partial charge on any atom is -0.481 e. The molecule has 1 unspecified atom stereocenters. The number of nitrogens with one attached hydrogen (secondary N) is 2. The monoisotopic (exact) mass is 442 g/mol. The lowest BCUT2D eigenvalue weighted by atomic mass is 9.98. The second kappa shape index (κ2) is 9.48. The maximum absolute atomic E-state index is 13.3. The van der Waals surface area contributed by atoms with Gasteiger partial charge in [-0.05, 0) is 17.2 Å². The van der Waals surface area contributed by atoms with Crippen LogP contribution in [0.25, 0.3) is 11.1 Å². The standard InChI is InChI=1S/C26H22N2O5/c29-22(30)13-14-27-26(33)21(15-16-7-2-1-3-8-16)28-25(32)20-12-6-11-19-23(20)17-9-4-5-10-18(17)24(19)31/h1-12,21H,13-15H2,(H,27,33)(H,28,32)(H,29,30). The molecule has 4 rings (SSSR count). The summed E-state index contributed by atoms with van der Waals surface area (Å²) < 4.78 is 0. The van der Waals surface area contributed by atoms with Crippen molar-refractivity contribution in [3.05, 3.63) is 95.1 Å². The number of carbonyl (C=O) groups is 4. The van der Waals surface area contributed by atoms with Gasteiger partial charge in [-0.1, -0.05) is 66.7 Å². The highest BCUT2D eigenvalue weighted by atomic mass is 16.4. The van der Waals surface area contributed by atoms with Crippen LogP contribution in [0, 0.1) is 0 Å². The fraction of sp³-hybridized carbons (Fsp3) is 0.154. The van der Waals surface area contributed by atoms with Crippen LogP contribution in [0.15, 0.2) is 72.8 Å². The molecule has 0 spiro atoms. The lowest BCUT2D eigenvalue weighted by Crippen LogP contribution is -2.48. The van der Waals surface area contributed by atoms with Crippen molar-refractivity contribution in [3.8, 4) is 11.1 Å². The van der Waals surface area contributed by atoms with Crippen molar-refractivity contribution in [2.75, 3.05) is 6.54 Å². The molecule has 3 N–H and O–H groups in total. The van der Waals surface area contributed by atoms with Crippen LogP contribution >= 0.6 is 0 Å². The van der Waals surface area contributed by atoms with Gasteiger partial charge in [0, 0.05) is 35.2 Å². The zero-order valence-electron chi connectivity index (χ0n) is 17.7. The van der Waals surface area contributed by atoms with Crippen LogP contribution in [0.5, 0.6) is 0 Å². The van der Waals surface area contributed by atoms with Gasteiger partial charge in [-0.15, -0.1) is 0 Å². The maximum Gasteiger partial charge on any atom is 0.305 e. The Morgan fingerprint density at radius 2 is 1.48 bits per heavy atom. The smallest absolute Gasteiger partial charge is 0.305 e. The first-order valence-electron chi connectivity index (χ1n) is 10.6. The van der Waals surface area contributed by atoms with Gasteiger partial charge in [0.1, 0.15) is 6.04 Å². The number of aliphatic carboxylic acids is 1. The van der Waals surface area contributed by atoms with Crippen molar-refractivity contribution in [3.63, 3.8) is 0 Å². The molecule has 2 amide bonds. The molecule has 1 aliphatic rings. The largest absolute Gasteiger partial charge is 0.481 e. The number of hydrogen-bond donors (Lipinski definition) is 3. The first-order valence-corrected chi connectivity index (χ1v) is 10.6. The Labute approximate surface area is 190 Å². The first kappa shape index (κ1) is 22.0. The predicted octanol–water partition coefficient (Wildman–Crippen LogP) is 2.83. The van der Waals surface area contributed by atoms with Crippen molar-refractivity contribution in [2.45, 2.75) is 18.9 Å². The van der Waals surface area contributed by atoms with Crippen molar-refractivity contribution in [2.24, 2.45) is 0 Å². The molecule has 166 valence electrons. The van der Waals surface area contributed by atoms with Crippen LogP contribution in [0.3, 0.4) is 0 Å². The van der Waals surface area contributed by atoms with Gasteiger partial charge in [-0.3, -0.25) is 19.2 Å². The molecule has 7 nitrogen and oxygen atoms in total. The molecule has 0 aliphatic heterocycles. The molecule has 0 radical (unpaired) electrons. The van der Waals surface area contributed by atoms with Gasteiger partial charge in [0.2, 0.25) is 5.91 Å². The second-order valence-corrected chi connectivity index (χ2v) is 7.75. The Morgan fingerprint density at radius 1 is 0.818 bits per heavy atom. The Hall–Kier alpha value is -4.26. The Bertz CT molecular complexity index is 1240. The summed E-state index contributed by atoms with van der Waals surface area (Å²) in [5.74, 6) is -2.12. The lowest BCUT2D eigenvalue weighted by molar-refractivity contribution is -0.137. The van der Waals surface area contributed by atoms with Crippen molar-refractivity contribution in [1.29, 1.82) is 0 Å². The summed E-state index contributed by atoms with van der Waals surface area (Å²) >= 11 is 0. The van der Waals surface area contributed by atoms with E-state index in [2.05, 4.69) is 10.6 Å². The number of fused-ring (bicyclic) bond motifs is 3. The molecule has 3 aromatic rings. The first-order chi connectivity index (χ1) is 16.0. The average Bonchev–Trinajstić information content (AvgIpc) is 3.11. The summed E-state index contributed by atoms with van der Waals surface area (Å²) in [4.78, 5) is 49.7. The molecule has 0 saturated carbocycles. The van der Waals surface area contributed by atoms with Crippen molar-refractivity contribution in [1.82, 2.24) is 10.6 Å². The van der Waals surface area contributed by atoms with Crippen LogP contribution < -0.4 is 10.6 Å². The van der Waals surface area contributed by atoms with Gasteiger partial charge in [0.05, 0.1) is 6.42 Å². The molecule has 1 atom stereocenters. The van der Waals surface area contributed by atoms with Gasteiger partial charge in [-0.2, -0.15) is 0 Å². The summed E-state index contributed by atoms with van der Waals surface area (Å²) in [6, 6.07) is 20.4. The van der Waals surface area contributed by atoms with E-state index in [4.69, 9.17) is 5.11 Å². The molecule has 0 heterocycles. The highest BCUT2D eigenvalue weighted by molar-refractivity contribution is 6.24. The highest BCUT2D eigenvalue weighted by Crippen LogP contribution is 2.38. The number of carbonyl (C=O) groups excluding carboxylic acids is 3. The quantitative estimate of drug-likeness (QED) is 0.388. The third kappa shape index (κ3) is 4.67. The molecule has 7 heteroatoms. The minimum absolute atomic E-state index is 0.0437. The third-order valence-corrected chi connectivity index (χ3v) is 5.54. The van der Waals surface area contributed by atoms with E-state index in [1.807, 2.05) is 36.4 Å². The minimum atomic E-state index is -1.03. The van der Waals surface area contributed by atoms with Crippen molar-refractivity contribution >= 4 is 23.6 Å². The number of amides is 2.